The summed E-state index contributed by atoms with van der Waals surface area (Å²) in [6.07, 6.45) is -1.23. The van der Waals surface area contributed by atoms with Crippen LogP contribution in [0.25, 0.3) is 5.76 Å². The van der Waals surface area contributed by atoms with Crippen molar-refractivity contribution in [3.8, 4) is 0 Å². The van der Waals surface area contributed by atoms with Crippen molar-refractivity contribution >= 4 is 34.8 Å². The number of aliphatic hydroxyl groups is 1. The number of cyclic esters (lactones) is 1. The molecule has 0 aromatic heterocycles. The van der Waals surface area contributed by atoms with Gasteiger partial charge < -0.3 is 9.84 Å². The van der Waals surface area contributed by atoms with Gasteiger partial charge in [-0.15, -0.1) is 0 Å². The molecule has 0 radical (unpaired) electrons. The first-order valence-corrected chi connectivity index (χ1v) is 7.45. The maximum Gasteiger partial charge on any atom is 0.380 e. The fourth-order valence-electron chi connectivity index (χ4n) is 2.48. The fraction of sp³-hybridized carbons (Fsp3) is 0.0588. The molecule has 2 aromatic rings. The summed E-state index contributed by atoms with van der Waals surface area (Å²) in [4.78, 5) is 34.2. The van der Waals surface area contributed by atoms with Crippen LogP contribution in [0.4, 0.5) is 5.69 Å². The predicted molar refractivity (Wildman–Crippen MR) is 87.9 cm³/mol. The Hall–Kier alpha value is -3.19. The molecule has 0 bridgehead atoms. The number of ketones is 1. The Kier molecular flexibility index (Phi) is 4.24. The average molecular weight is 360 g/mol. The van der Waals surface area contributed by atoms with Gasteiger partial charge in [-0.1, -0.05) is 23.7 Å². The van der Waals surface area contributed by atoms with E-state index in [-0.39, 0.29) is 22.4 Å². The van der Waals surface area contributed by atoms with E-state index in [1.165, 1.54) is 48.5 Å². The van der Waals surface area contributed by atoms with E-state index in [1.54, 1.807) is 0 Å². The first-order valence-electron chi connectivity index (χ1n) is 7.07. The van der Waals surface area contributed by atoms with E-state index in [9.17, 15) is 24.8 Å². The molecule has 0 amide bonds. The average Bonchev–Trinajstić information content (AvgIpc) is 2.90. The van der Waals surface area contributed by atoms with Crippen LogP contribution >= 0.6 is 11.6 Å². The van der Waals surface area contributed by atoms with Crippen molar-refractivity contribution < 1.29 is 24.4 Å². The van der Waals surface area contributed by atoms with Crippen molar-refractivity contribution in [2.45, 2.75) is 6.10 Å². The number of Topliss-reactive ketones (excluding diaryl/α,β-unsaturated/α-hetero) is 1. The van der Waals surface area contributed by atoms with Gasteiger partial charge in [0.05, 0.1) is 10.5 Å². The molecule has 1 atom stereocenters. The molecule has 0 unspecified atom stereocenters. The quantitative estimate of drug-likeness (QED) is 0.225. The molecule has 1 N–H and O–H groups in total. The number of halogens is 1. The van der Waals surface area contributed by atoms with Gasteiger partial charge in [-0.3, -0.25) is 14.9 Å². The van der Waals surface area contributed by atoms with Crippen LogP contribution in [-0.2, 0) is 14.3 Å². The number of nitro groups is 1. The van der Waals surface area contributed by atoms with Crippen LogP contribution < -0.4 is 0 Å². The third-order valence-electron chi connectivity index (χ3n) is 3.67. The van der Waals surface area contributed by atoms with Crippen molar-refractivity contribution in [1.82, 2.24) is 0 Å². The molecule has 2 aromatic carbocycles. The van der Waals surface area contributed by atoms with E-state index in [2.05, 4.69) is 0 Å². The minimum absolute atomic E-state index is 0.212. The van der Waals surface area contributed by atoms with E-state index < -0.39 is 28.5 Å². The highest BCUT2D eigenvalue weighted by Crippen LogP contribution is 2.37. The molecule has 1 aliphatic rings. The summed E-state index contributed by atoms with van der Waals surface area (Å²) in [7, 11) is 0. The van der Waals surface area contributed by atoms with Gasteiger partial charge in [0.2, 0.25) is 0 Å². The van der Waals surface area contributed by atoms with Crippen LogP contribution in [0.5, 0.6) is 0 Å². The van der Waals surface area contributed by atoms with Gasteiger partial charge in [-0.25, -0.2) is 4.79 Å². The highest BCUT2D eigenvalue weighted by molar-refractivity contribution is 6.44. The van der Waals surface area contributed by atoms with Crippen molar-refractivity contribution in [1.29, 1.82) is 0 Å². The zero-order valence-corrected chi connectivity index (χ0v) is 13.3. The molecule has 7 nitrogen and oxygen atoms in total. The Morgan fingerprint density at radius 3 is 2.48 bits per heavy atom. The topological polar surface area (TPSA) is 107 Å². The van der Waals surface area contributed by atoms with Crippen LogP contribution in [-0.4, -0.2) is 21.8 Å². The molecule has 1 fully saturated rings. The summed E-state index contributed by atoms with van der Waals surface area (Å²) in [5, 5.41) is 21.8. The van der Waals surface area contributed by atoms with Gasteiger partial charge in [0.1, 0.15) is 5.76 Å². The SMILES string of the molecule is O=C1O[C@@H](c2cccc([N+](=O)[O-])c2)C(=C(O)c2ccc(Cl)cc2)C1=O. The van der Waals surface area contributed by atoms with Crippen LogP contribution in [0.1, 0.15) is 17.2 Å². The Morgan fingerprint density at radius 1 is 1.16 bits per heavy atom. The molecule has 25 heavy (non-hydrogen) atoms. The summed E-state index contributed by atoms with van der Waals surface area (Å²) < 4.78 is 5.02. The number of hydrogen-bond acceptors (Lipinski definition) is 6. The smallest absolute Gasteiger partial charge is 0.380 e. The Bertz CT molecular complexity index is 919. The van der Waals surface area contributed by atoms with Gasteiger partial charge in [0.25, 0.3) is 11.5 Å². The second-order valence-electron chi connectivity index (χ2n) is 5.24. The number of esters is 1. The third-order valence-corrected chi connectivity index (χ3v) is 3.93. The zero-order valence-electron chi connectivity index (χ0n) is 12.5. The van der Waals surface area contributed by atoms with Gasteiger partial charge in [-0.2, -0.15) is 0 Å². The summed E-state index contributed by atoms with van der Waals surface area (Å²) in [6.45, 7) is 0. The number of ether oxygens (including phenoxy) is 1. The third kappa shape index (κ3) is 3.09. The monoisotopic (exact) mass is 359 g/mol. The van der Waals surface area contributed by atoms with Crippen LogP contribution in [0.3, 0.4) is 0 Å². The maximum atomic E-state index is 12.1. The largest absolute Gasteiger partial charge is 0.507 e. The first-order chi connectivity index (χ1) is 11.9. The lowest BCUT2D eigenvalue weighted by atomic mass is 9.96. The molecule has 1 aliphatic heterocycles. The summed E-state index contributed by atoms with van der Waals surface area (Å²) in [6, 6.07) is 11.3. The van der Waals surface area contributed by atoms with E-state index in [0.29, 0.717) is 5.02 Å². The Balaban J connectivity index is 2.12. The molecular formula is C17H10ClNO6. The summed E-state index contributed by atoms with van der Waals surface area (Å²) in [5.74, 6) is -2.57. The molecule has 0 spiro atoms. The summed E-state index contributed by atoms with van der Waals surface area (Å²) in [5.41, 5.74) is -0.0172. The molecule has 3 rings (SSSR count). The Labute approximate surface area is 146 Å². The molecule has 1 heterocycles. The van der Waals surface area contributed by atoms with Gasteiger partial charge >= 0.3 is 5.97 Å². The molecule has 126 valence electrons. The van der Waals surface area contributed by atoms with Crippen molar-refractivity contribution in [3.05, 3.63) is 80.4 Å². The lowest BCUT2D eigenvalue weighted by Crippen LogP contribution is -2.08. The van der Waals surface area contributed by atoms with Crippen molar-refractivity contribution in [2.75, 3.05) is 0 Å². The van der Waals surface area contributed by atoms with Gasteiger partial charge in [0, 0.05) is 28.3 Å². The maximum absolute atomic E-state index is 12.1. The molecule has 1 saturated heterocycles. The van der Waals surface area contributed by atoms with E-state index in [4.69, 9.17) is 16.3 Å². The second kappa shape index (κ2) is 6.37. The number of non-ortho nitro benzene ring substituents is 1. The van der Waals surface area contributed by atoms with Crippen LogP contribution in [0.15, 0.2) is 54.1 Å². The van der Waals surface area contributed by atoms with Crippen molar-refractivity contribution in [3.63, 3.8) is 0 Å². The van der Waals surface area contributed by atoms with Gasteiger partial charge in [-0.05, 0) is 24.3 Å². The Morgan fingerprint density at radius 2 is 1.84 bits per heavy atom. The predicted octanol–water partition coefficient (Wildman–Crippen LogP) is 3.38. The van der Waals surface area contributed by atoms with Crippen LogP contribution in [0, 0.1) is 10.1 Å². The highest BCUT2D eigenvalue weighted by atomic mass is 35.5. The van der Waals surface area contributed by atoms with E-state index in [0.717, 1.165) is 0 Å². The zero-order chi connectivity index (χ0) is 18.1. The minimum atomic E-state index is -1.23. The number of benzene rings is 2. The number of rotatable bonds is 3. The normalized spacial score (nSPS) is 18.8. The highest BCUT2D eigenvalue weighted by Gasteiger charge is 2.42. The molecular weight excluding hydrogens is 350 g/mol. The number of nitrogens with zero attached hydrogens (tertiary/aromatic N) is 1. The number of carbonyl (C=O) groups is 2. The molecule has 0 aliphatic carbocycles. The molecule has 0 saturated carbocycles. The lowest BCUT2D eigenvalue weighted by molar-refractivity contribution is -0.385. The van der Waals surface area contributed by atoms with Gasteiger partial charge in [0.15, 0.2) is 6.10 Å². The number of hydrogen-bond donors (Lipinski definition) is 1. The molecule has 8 heteroatoms. The standard InChI is InChI=1S/C17H10ClNO6/c18-11-6-4-9(5-7-11)14(20)13-15(21)17(22)25-16(13)10-2-1-3-12(8-10)19(23)24/h1-8,16,20H/t16-/m0/s1. The summed E-state index contributed by atoms with van der Waals surface area (Å²) >= 11 is 5.79. The second-order valence-corrected chi connectivity index (χ2v) is 5.67. The number of carbonyl (C=O) groups excluding carboxylic acids is 2. The minimum Gasteiger partial charge on any atom is -0.507 e. The van der Waals surface area contributed by atoms with E-state index in [1.807, 2.05) is 0 Å². The van der Waals surface area contributed by atoms with E-state index >= 15 is 0 Å². The van der Waals surface area contributed by atoms with Crippen molar-refractivity contribution in [2.24, 2.45) is 0 Å². The fourth-order valence-corrected chi connectivity index (χ4v) is 2.61. The number of aliphatic hydroxyl groups excluding tert-OH is 1. The van der Waals surface area contributed by atoms with Crippen LogP contribution in [0.2, 0.25) is 5.02 Å². The first kappa shape index (κ1) is 16.7. The number of nitro benzene ring substituents is 1. The lowest BCUT2D eigenvalue weighted by Gasteiger charge is -2.12.